The van der Waals surface area contributed by atoms with Gasteiger partial charge in [0.1, 0.15) is 0 Å². The van der Waals surface area contributed by atoms with Crippen LogP contribution in [0.25, 0.3) is 0 Å². The molecule has 2 amide bonds. The number of aryl methyl sites for hydroxylation is 2. The zero-order valence-electron chi connectivity index (χ0n) is 12.3. The third-order valence-corrected chi connectivity index (χ3v) is 3.12. The number of hydrogen-bond acceptors (Lipinski definition) is 2. The third-order valence-electron chi connectivity index (χ3n) is 3.12. The number of hydrogen-bond donors (Lipinski definition) is 3. The number of anilines is 1. The van der Waals surface area contributed by atoms with Crippen molar-refractivity contribution < 1.29 is 9.90 Å². The number of benzene rings is 2. The van der Waals surface area contributed by atoms with Crippen LogP contribution < -0.4 is 10.6 Å². The molecule has 3 N–H and O–H groups in total. The van der Waals surface area contributed by atoms with E-state index in [1.165, 1.54) is 0 Å². The van der Waals surface area contributed by atoms with E-state index in [-0.39, 0.29) is 12.6 Å². The Morgan fingerprint density at radius 2 is 1.71 bits per heavy atom. The van der Waals surface area contributed by atoms with E-state index in [0.717, 1.165) is 22.4 Å². The zero-order valence-corrected chi connectivity index (χ0v) is 12.3. The van der Waals surface area contributed by atoms with Crippen LogP contribution in [0.4, 0.5) is 10.5 Å². The smallest absolute Gasteiger partial charge is 0.319 e. The highest BCUT2D eigenvalue weighted by molar-refractivity contribution is 5.89. The summed E-state index contributed by atoms with van der Waals surface area (Å²) in [7, 11) is 0. The maximum Gasteiger partial charge on any atom is 0.319 e. The molecule has 21 heavy (non-hydrogen) atoms. The third kappa shape index (κ3) is 4.61. The summed E-state index contributed by atoms with van der Waals surface area (Å²) in [6, 6.07) is 14.8. The lowest BCUT2D eigenvalue weighted by Crippen LogP contribution is -2.32. The number of urea groups is 1. The Labute approximate surface area is 124 Å². The van der Waals surface area contributed by atoms with E-state index in [4.69, 9.17) is 0 Å². The maximum absolute atomic E-state index is 11.8. The van der Waals surface area contributed by atoms with Crippen molar-refractivity contribution in [1.82, 2.24) is 5.32 Å². The fourth-order valence-corrected chi connectivity index (χ4v) is 2.20. The first kappa shape index (κ1) is 15.1. The molecule has 2 aromatic carbocycles. The summed E-state index contributed by atoms with van der Waals surface area (Å²) in [5.74, 6) is 0. The first-order chi connectivity index (χ1) is 10.0. The van der Waals surface area contributed by atoms with Gasteiger partial charge in [-0.1, -0.05) is 36.4 Å². The highest BCUT2D eigenvalue weighted by Crippen LogP contribution is 2.14. The molecule has 2 rings (SSSR count). The van der Waals surface area contributed by atoms with Crippen LogP contribution in [0.1, 0.15) is 22.8 Å². The zero-order chi connectivity index (χ0) is 15.2. The van der Waals surface area contributed by atoms with Crippen molar-refractivity contribution >= 4 is 11.7 Å². The lowest BCUT2D eigenvalue weighted by molar-refractivity contribution is 0.175. The van der Waals surface area contributed by atoms with Gasteiger partial charge in [-0.25, -0.2) is 4.79 Å². The summed E-state index contributed by atoms with van der Waals surface area (Å²) >= 11 is 0. The van der Waals surface area contributed by atoms with E-state index in [0.29, 0.717) is 0 Å². The predicted molar refractivity (Wildman–Crippen MR) is 84.3 cm³/mol. The van der Waals surface area contributed by atoms with E-state index >= 15 is 0 Å². The number of carbonyl (C=O) groups excluding carboxylic acids is 1. The number of aliphatic hydroxyl groups excluding tert-OH is 1. The summed E-state index contributed by atoms with van der Waals surface area (Å²) in [6.45, 7) is 4.13. The standard InChI is InChI=1S/C17H20N2O2/c1-12-8-13(2)10-15(9-12)19-17(21)18-11-16(20)14-6-4-3-5-7-14/h3-10,16,20H,11H2,1-2H3,(H2,18,19,21). The molecule has 0 bridgehead atoms. The summed E-state index contributed by atoms with van der Waals surface area (Å²) in [5, 5.41) is 15.4. The molecule has 0 aliphatic carbocycles. The first-order valence-electron chi connectivity index (χ1n) is 6.91. The van der Waals surface area contributed by atoms with Crippen molar-refractivity contribution in [3.8, 4) is 0 Å². The minimum atomic E-state index is -0.712. The second kappa shape index (κ2) is 6.90. The molecule has 0 radical (unpaired) electrons. The largest absolute Gasteiger partial charge is 0.387 e. The van der Waals surface area contributed by atoms with Gasteiger partial charge in [0.25, 0.3) is 0 Å². The van der Waals surface area contributed by atoms with Gasteiger partial charge in [-0.2, -0.15) is 0 Å². The number of rotatable bonds is 4. The number of nitrogens with one attached hydrogen (secondary N) is 2. The summed E-state index contributed by atoms with van der Waals surface area (Å²) in [5.41, 5.74) is 3.72. The molecule has 0 aromatic heterocycles. The molecule has 0 saturated carbocycles. The van der Waals surface area contributed by atoms with Gasteiger partial charge in [-0.3, -0.25) is 0 Å². The topological polar surface area (TPSA) is 61.4 Å². The van der Waals surface area contributed by atoms with Gasteiger partial charge >= 0.3 is 6.03 Å². The molecular formula is C17H20N2O2. The Morgan fingerprint density at radius 3 is 2.33 bits per heavy atom. The van der Waals surface area contributed by atoms with Crippen molar-refractivity contribution in [3.63, 3.8) is 0 Å². The first-order valence-corrected chi connectivity index (χ1v) is 6.91. The van der Waals surface area contributed by atoms with Gasteiger partial charge < -0.3 is 15.7 Å². The average molecular weight is 284 g/mol. The molecule has 1 atom stereocenters. The molecule has 0 saturated heterocycles. The van der Waals surface area contributed by atoms with Gasteiger partial charge in [0.2, 0.25) is 0 Å². The van der Waals surface area contributed by atoms with Crippen LogP contribution in [0, 0.1) is 13.8 Å². The molecule has 0 fully saturated rings. The van der Waals surface area contributed by atoms with E-state index in [1.807, 2.05) is 62.4 Å². The Bertz CT molecular complexity index is 591. The lowest BCUT2D eigenvalue weighted by Gasteiger charge is -2.13. The normalized spacial score (nSPS) is 11.8. The number of aliphatic hydroxyl groups is 1. The van der Waals surface area contributed by atoms with Gasteiger partial charge in [-0.15, -0.1) is 0 Å². The van der Waals surface area contributed by atoms with Gasteiger partial charge in [-0.05, 0) is 42.7 Å². The van der Waals surface area contributed by atoms with Crippen molar-refractivity contribution in [2.75, 3.05) is 11.9 Å². The van der Waals surface area contributed by atoms with Gasteiger partial charge in [0.15, 0.2) is 0 Å². The van der Waals surface area contributed by atoms with Crippen LogP contribution in [-0.2, 0) is 0 Å². The second-order valence-electron chi connectivity index (χ2n) is 5.14. The SMILES string of the molecule is Cc1cc(C)cc(NC(=O)NCC(O)c2ccccc2)c1. The maximum atomic E-state index is 11.8. The van der Waals surface area contributed by atoms with Crippen LogP contribution >= 0.6 is 0 Å². The van der Waals surface area contributed by atoms with Crippen LogP contribution in [0.3, 0.4) is 0 Å². The number of carbonyl (C=O) groups is 1. The second-order valence-corrected chi connectivity index (χ2v) is 5.14. The summed E-state index contributed by atoms with van der Waals surface area (Å²) in [6.07, 6.45) is -0.712. The molecule has 0 aliphatic rings. The molecule has 0 spiro atoms. The highest BCUT2D eigenvalue weighted by Gasteiger charge is 2.09. The Balaban J connectivity index is 1.87. The monoisotopic (exact) mass is 284 g/mol. The average Bonchev–Trinajstić information content (AvgIpc) is 2.44. The Kier molecular flexibility index (Phi) is 4.95. The lowest BCUT2D eigenvalue weighted by atomic mass is 10.1. The van der Waals surface area contributed by atoms with Crippen molar-refractivity contribution in [1.29, 1.82) is 0 Å². The van der Waals surface area contributed by atoms with Crippen molar-refractivity contribution in [2.45, 2.75) is 20.0 Å². The van der Waals surface area contributed by atoms with Crippen LogP contribution in [0.5, 0.6) is 0 Å². The van der Waals surface area contributed by atoms with Crippen molar-refractivity contribution in [3.05, 3.63) is 65.2 Å². The molecule has 4 heteroatoms. The Morgan fingerprint density at radius 1 is 1.10 bits per heavy atom. The van der Waals surface area contributed by atoms with E-state index in [2.05, 4.69) is 10.6 Å². The molecule has 1 unspecified atom stereocenters. The van der Waals surface area contributed by atoms with Crippen LogP contribution in [0.2, 0.25) is 0 Å². The summed E-state index contributed by atoms with van der Waals surface area (Å²) in [4.78, 5) is 11.8. The quantitative estimate of drug-likeness (QED) is 0.807. The molecule has 2 aromatic rings. The predicted octanol–water partition coefficient (Wildman–Crippen LogP) is 3.16. The highest BCUT2D eigenvalue weighted by atomic mass is 16.3. The van der Waals surface area contributed by atoms with Crippen LogP contribution in [-0.4, -0.2) is 17.7 Å². The minimum absolute atomic E-state index is 0.167. The molecular weight excluding hydrogens is 264 g/mol. The molecule has 110 valence electrons. The van der Waals surface area contributed by atoms with Gasteiger partial charge in [0, 0.05) is 12.2 Å². The minimum Gasteiger partial charge on any atom is -0.387 e. The van der Waals surface area contributed by atoms with Gasteiger partial charge in [0.05, 0.1) is 6.10 Å². The fraction of sp³-hybridized carbons (Fsp3) is 0.235. The van der Waals surface area contributed by atoms with E-state index in [1.54, 1.807) is 0 Å². The van der Waals surface area contributed by atoms with Crippen molar-refractivity contribution in [2.24, 2.45) is 0 Å². The van der Waals surface area contributed by atoms with E-state index < -0.39 is 6.10 Å². The number of amides is 2. The Hall–Kier alpha value is -2.33. The fourth-order valence-electron chi connectivity index (χ4n) is 2.20. The molecule has 0 heterocycles. The van der Waals surface area contributed by atoms with Crippen LogP contribution in [0.15, 0.2) is 48.5 Å². The van der Waals surface area contributed by atoms with E-state index in [9.17, 15) is 9.90 Å². The molecule has 0 aliphatic heterocycles. The summed E-state index contributed by atoms with van der Waals surface area (Å²) < 4.78 is 0. The molecule has 4 nitrogen and oxygen atoms in total.